The Morgan fingerprint density at radius 2 is 1.48 bits per heavy atom. The molecular weight excluding hydrogens is 430 g/mol. The molecule has 0 saturated carbocycles. The summed E-state index contributed by atoms with van der Waals surface area (Å²) in [6.45, 7) is 0. The number of para-hydroxylation sites is 1. The minimum absolute atomic E-state index is 0.296. The number of carbonyl (C=O) groups is 3. The second-order valence-corrected chi connectivity index (χ2v) is 5.93. The van der Waals surface area contributed by atoms with Crippen molar-refractivity contribution in [1.29, 1.82) is 0 Å². The standard InChI is InChI=1S/C11H10N2O2.C5H4N4O.C5H5NO2/c14-11(13-9-6-7-12-8-9)15-10-4-2-1-3-5-10;6-9-8-5(10)4-1-2-7-3-4;7-5(8)4-1-2-6-3-4/h1-8,12H,(H,13,14);1-3,7H;1-3,6H,(H,7,8). The van der Waals surface area contributed by atoms with Crippen LogP contribution in [0.25, 0.3) is 10.4 Å². The number of hydrogen-bond donors (Lipinski definition) is 5. The lowest BCUT2D eigenvalue weighted by molar-refractivity contribution is 0.0696. The lowest BCUT2D eigenvalue weighted by atomic mass is 10.3. The number of carboxylic acid groups (broad SMARTS) is 1. The molecule has 0 aliphatic carbocycles. The van der Waals surface area contributed by atoms with Gasteiger partial charge in [0.05, 0.1) is 11.3 Å². The van der Waals surface area contributed by atoms with E-state index in [0.29, 0.717) is 22.6 Å². The van der Waals surface area contributed by atoms with E-state index in [1.165, 1.54) is 24.5 Å². The van der Waals surface area contributed by atoms with Crippen molar-refractivity contribution in [2.45, 2.75) is 0 Å². The van der Waals surface area contributed by atoms with Crippen LogP contribution in [0.2, 0.25) is 0 Å². The zero-order valence-electron chi connectivity index (χ0n) is 17.0. The Kier molecular flexibility index (Phi) is 9.59. The van der Waals surface area contributed by atoms with Gasteiger partial charge in [-0.2, -0.15) is 0 Å². The number of nitrogens with one attached hydrogen (secondary N) is 4. The van der Waals surface area contributed by atoms with Crippen LogP contribution in [0.5, 0.6) is 5.75 Å². The predicted octanol–water partition coefficient (Wildman–Crippen LogP) is 4.80. The molecule has 168 valence electrons. The van der Waals surface area contributed by atoms with Crippen molar-refractivity contribution in [3.63, 3.8) is 0 Å². The fraction of sp³-hybridized carbons (Fsp3) is 0. The van der Waals surface area contributed by atoms with Crippen molar-refractivity contribution in [1.82, 2.24) is 15.0 Å². The zero-order valence-corrected chi connectivity index (χ0v) is 17.0. The topological polar surface area (TPSA) is 189 Å². The van der Waals surface area contributed by atoms with Gasteiger partial charge in [0, 0.05) is 47.7 Å². The van der Waals surface area contributed by atoms with E-state index in [9.17, 15) is 14.4 Å². The number of amides is 2. The van der Waals surface area contributed by atoms with Crippen molar-refractivity contribution >= 4 is 23.7 Å². The first-order chi connectivity index (χ1) is 16.0. The average molecular weight is 449 g/mol. The molecule has 0 bridgehead atoms. The number of carbonyl (C=O) groups excluding carboxylic acids is 2. The summed E-state index contributed by atoms with van der Waals surface area (Å²) < 4.78 is 5.02. The smallest absolute Gasteiger partial charge is 0.417 e. The van der Waals surface area contributed by atoms with Crippen LogP contribution in [0.15, 0.2) is 90.8 Å². The van der Waals surface area contributed by atoms with Gasteiger partial charge in [-0.3, -0.25) is 10.1 Å². The number of rotatable bonds is 4. The third-order valence-electron chi connectivity index (χ3n) is 3.62. The molecule has 0 saturated heterocycles. The Morgan fingerprint density at radius 1 is 0.879 bits per heavy atom. The zero-order chi connectivity index (χ0) is 23.9. The third-order valence-corrected chi connectivity index (χ3v) is 3.62. The summed E-state index contributed by atoms with van der Waals surface area (Å²) >= 11 is 0. The van der Waals surface area contributed by atoms with Gasteiger partial charge >= 0.3 is 12.1 Å². The van der Waals surface area contributed by atoms with Crippen LogP contribution in [-0.2, 0) is 0 Å². The van der Waals surface area contributed by atoms with Gasteiger partial charge in [-0.1, -0.05) is 18.2 Å². The fourth-order valence-electron chi connectivity index (χ4n) is 2.15. The molecule has 2 amide bonds. The van der Waals surface area contributed by atoms with Crippen LogP contribution in [0, 0.1) is 0 Å². The first-order valence-electron chi connectivity index (χ1n) is 9.24. The first-order valence-corrected chi connectivity index (χ1v) is 9.24. The minimum atomic E-state index is -0.897. The molecule has 0 radical (unpaired) electrons. The van der Waals surface area contributed by atoms with E-state index in [0.717, 1.165) is 0 Å². The molecule has 3 aromatic heterocycles. The van der Waals surface area contributed by atoms with Gasteiger partial charge in [0.25, 0.3) is 5.91 Å². The molecule has 4 rings (SSSR count). The van der Waals surface area contributed by atoms with Crippen LogP contribution in [0.4, 0.5) is 10.5 Å². The number of anilines is 1. The van der Waals surface area contributed by atoms with Gasteiger partial charge in [0.1, 0.15) is 5.75 Å². The highest BCUT2D eigenvalue weighted by atomic mass is 16.6. The first kappa shape index (κ1) is 24.1. The number of aromatic nitrogens is 3. The van der Waals surface area contributed by atoms with Crippen molar-refractivity contribution < 1.29 is 24.2 Å². The van der Waals surface area contributed by atoms with Gasteiger partial charge in [-0.05, 0) is 41.0 Å². The number of azide groups is 1. The van der Waals surface area contributed by atoms with Crippen molar-refractivity contribution in [2.75, 3.05) is 5.32 Å². The van der Waals surface area contributed by atoms with Gasteiger partial charge < -0.3 is 24.8 Å². The molecular formula is C21H19N7O5. The highest BCUT2D eigenvalue weighted by Gasteiger charge is 2.04. The maximum atomic E-state index is 11.3. The van der Waals surface area contributed by atoms with Crippen LogP contribution >= 0.6 is 0 Å². The Bertz CT molecular complexity index is 1170. The summed E-state index contributed by atoms with van der Waals surface area (Å²) in [5, 5.41) is 13.7. The maximum absolute atomic E-state index is 11.3. The van der Waals surface area contributed by atoms with E-state index in [4.69, 9.17) is 15.4 Å². The number of carboxylic acids is 1. The molecule has 1 aromatic carbocycles. The molecule has 0 aliphatic heterocycles. The van der Waals surface area contributed by atoms with E-state index in [1.54, 1.807) is 55.1 Å². The summed E-state index contributed by atoms with van der Waals surface area (Å²) in [7, 11) is 0. The fourth-order valence-corrected chi connectivity index (χ4v) is 2.15. The van der Waals surface area contributed by atoms with Crippen molar-refractivity contribution in [3.8, 4) is 5.75 Å². The lowest BCUT2D eigenvalue weighted by Gasteiger charge is -2.03. The van der Waals surface area contributed by atoms with Crippen LogP contribution in [0.3, 0.4) is 0 Å². The molecule has 0 spiro atoms. The van der Waals surface area contributed by atoms with E-state index in [1.807, 2.05) is 6.07 Å². The summed E-state index contributed by atoms with van der Waals surface area (Å²) in [6, 6.07) is 13.7. The minimum Gasteiger partial charge on any atom is -0.478 e. The molecule has 3 heterocycles. The third kappa shape index (κ3) is 8.99. The number of ether oxygens (including phenoxy) is 1. The van der Waals surface area contributed by atoms with E-state index in [2.05, 4.69) is 30.3 Å². The number of benzene rings is 1. The number of nitrogens with zero attached hydrogens (tertiary/aromatic N) is 3. The molecule has 12 heteroatoms. The molecule has 0 atom stereocenters. The van der Waals surface area contributed by atoms with Crippen LogP contribution < -0.4 is 10.1 Å². The largest absolute Gasteiger partial charge is 0.478 e. The summed E-state index contributed by atoms with van der Waals surface area (Å²) in [4.78, 5) is 42.5. The Morgan fingerprint density at radius 3 is 1.97 bits per heavy atom. The quantitative estimate of drug-likeness (QED) is 0.169. The Hall–Kier alpha value is -5.22. The molecule has 0 aliphatic rings. The molecule has 0 unspecified atom stereocenters. The van der Waals surface area contributed by atoms with Crippen molar-refractivity contribution in [2.24, 2.45) is 5.11 Å². The number of aromatic amines is 3. The number of H-pyrrole nitrogens is 3. The summed E-state index contributed by atoms with van der Waals surface area (Å²) in [6.07, 6.45) is 8.95. The van der Waals surface area contributed by atoms with Gasteiger partial charge in [0.2, 0.25) is 0 Å². The van der Waals surface area contributed by atoms with Crippen LogP contribution in [0.1, 0.15) is 20.7 Å². The Balaban J connectivity index is 0.000000186. The average Bonchev–Trinajstić information content (AvgIpc) is 3.59. The molecule has 33 heavy (non-hydrogen) atoms. The highest BCUT2D eigenvalue weighted by Crippen LogP contribution is 2.10. The van der Waals surface area contributed by atoms with Crippen molar-refractivity contribution in [3.05, 3.63) is 107 Å². The van der Waals surface area contributed by atoms with E-state index < -0.39 is 18.0 Å². The monoisotopic (exact) mass is 449 g/mol. The normalized spacial score (nSPS) is 9.09. The second-order valence-electron chi connectivity index (χ2n) is 5.93. The maximum Gasteiger partial charge on any atom is 0.417 e. The highest BCUT2D eigenvalue weighted by molar-refractivity contribution is 5.94. The second kappa shape index (κ2) is 13.2. The van der Waals surface area contributed by atoms with E-state index in [-0.39, 0.29) is 0 Å². The Labute approximate surface area is 186 Å². The SMILES string of the molecule is O=C(Nc1cc[nH]c1)Oc1ccccc1.O=C(O)c1cc[nH]c1.[N-]=[N+]=NC(=O)c1cc[nH]c1. The number of aromatic carboxylic acids is 1. The molecule has 4 aromatic rings. The molecule has 12 nitrogen and oxygen atoms in total. The predicted molar refractivity (Wildman–Crippen MR) is 119 cm³/mol. The van der Waals surface area contributed by atoms with E-state index >= 15 is 0 Å². The van der Waals surface area contributed by atoms with Gasteiger partial charge in [-0.25, -0.2) is 9.59 Å². The van der Waals surface area contributed by atoms with Gasteiger partial charge in [-0.15, -0.1) is 0 Å². The summed E-state index contributed by atoms with van der Waals surface area (Å²) in [5.41, 5.74) is 9.21. The van der Waals surface area contributed by atoms with Gasteiger partial charge in [0.15, 0.2) is 0 Å². The molecule has 0 fully saturated rings. The number of hydrogen-bond acceptors (Lipinski definition) is 4. The lowest BCUT2D eigenvalue weighted by Crippen LogP contribution is -2.16. The van der Waals surface area contributed by atoms with Crippen LogP contribution in [-0.4, -0.2) is 38.0 Å². The molecule has 5 N–H and O–H groups in total. The summed E-state index contributed by atoms with van der Waals surface area (Å²) in [5.74, 6) is -0.944.